The average molecular weight is 791 g/mol. The van der Waals surface area contributed by atoms with Crippen molar-refractivity contribution in [2.75, 3.05) is 10.8 Å². The number of amides is 2. The maximum atomic E-state index is 14.6. The van der Waals surface area contributed by atoms with Crippen molar-refractivity contribution in [2.24, 2.45) is 0 Å². The zero-order valence-corrected chi connectivity index (χ0v) is 29.5. The van der Waals surface area contributed by atoms with Gasteiger partial charge in [-0.1, -0.05) is 90.6 Å². The first kappa shape index (κ1) is 34.2. The van der Waals surface area contributed by atoms with Gasteiger partial charge < -0.3 is 10.2 Å². The molecule has 240 valence electrons. The summed E-state index contributed by atoms with van der Waals surface area (Å²) in [6.45, 7) is -0.568. The Morgan fingerprint density at radius 1 is 0.870 bits per heavy atom. The predicted octanol–water partition coefficient (Wildman–Crippen LogP) is 7.49. The molecule has 1 fully saturated rings. The molecule has 4 aromatic rings. The monoisotopic (exact) mass is 789 g/mol. The molecule has 0 aliphatic heterocycles. The van der Waals surface area contributed by atoms with E-state index < -0.39 is 28.5 Å². The molecule has 2 amide bonds. The molecule has 11 heteroatoms. The standard InChI is InChI=1S/C35H34Cl2IN3O4S/c36-27-16-15-26(32(37)22-27)23-40(33(21-25-9-3-1-4-10-25)35(43)39-29-11-7-8-12-29)34(42)24-41(30-19-17-28(38)18-20-30)46(44,45)31-13-5-2-6-14-31/h1-6,9-10,13-20,22,29,33H,7-8,11-12,21,23-24H2,(H,39,43). The molecule has 0 radical (unpaired) electrons. The van der Waals surface area contributed by atoms with E-state index in [9.17, 15) is 18.0 Å². The number of hydrogen-bond acceptors (Lipinski definition) is 4. The van der Waals surface area contributed by atoms with Gasteiger partial charge in [0.1, 0.15) is 12.6 Å². The molecule has 1 saturated carbocycles. The fraction of sp³-hybridized carbons (Fsp3) is 0.257. The molecule has 5 rings (SSSR count). The number of rotatable bonds is 12. The molecular weight excluding hydrogens is 756 g/mol. The molecule has 0 spiro atoms. The molecule has 0 saturated heterocycles. The summed E-state index contributed by atoms with van der Waals surface area (Å²) in [4.78, 5) is 30.2. The van der Waals surface area contributed by atoms with E-state index in [1.807, 2.05) is 30.3 Å². The van der Waals surface area contributed by atoms with Gasteiger partial charge in [0, 0.05) is 32.6 Å². The summed E-state index contributed by atoms with van der Waals surface area (Å²) < 4.78 is 30.2. The van der Waals surface area contributed by atoms with Crippen molar-refractivity contribution in [3.8, 4) is 0 Å². The normalized spacial score (nSPS) is 14.1. The van der Waals surface area contributed by atoms with Gasteiger partial charge in [0.25, 0.3) is 10.0 Å². The van der Waals surface area contributed by atoms with Crippen molar-refractivity contribution >= 4 is 73.3 Å². The molecule has 0 bridgehead atoms. The summed E-state index contributed by atoms with van der Waals surface area (Å²) in [5.41, 5.74) is 1.77. The summed E-state index contributed by atoms with van der Waals surface area (Å²) in [5, 5.41) is 3.95. The van der Waals surface area contributed by atoms with Crippen LogP contribution in [-0.4, -0.2) is 43.8 Å². The first-order valence-electron chi connectivity index (χ1n) is 15.0. The molecule has 1 atom stereocenters. The Hall–Kier alpha value is -3.12. The maximum absolute atomic E-state index is 14.6. The van der Waals surface area contributed by atoms with Crippen LogP contribution in [0.15, 0.2) is 108 Å². The second kappa shape index (κ2) is 15.6. The van der Waals surface area contributed by atoms with Crippen molar-refractivity contribution in [2.45, 2.75) is 55.6 Å². The van der Waals surface area contributed by atoms with Crippen LogP contribution in [0.2, 0.25) is 10.0 Å². The highest BCUT2D eigenvalue weighted by Gasteiger charge is 2.35. The van der Waals surface area contributed by atoms with Gasteiger partial charge in [-0.3, -0.25) is 13.9 Å². The van der Waals surface area contributed by atoms with Crippen LogP contribution < -0.4 is 9.62 Å². The van der Waals surface area contributed by atoms with Gasteiger partial charge in [-0.15, -0.1) is 0 Å². The molecule has 4 aromatic carbocycles. The van der Waals surface area contributed by atoms with Crippen molar-refractivity contribution in [1.82, 2.24) is 10.2 Å². The summed E-state index contributed by atoms with van der Waals surface area (Å²) in [6, 6.07) is 28.4. The molecule has 1 aliphatic carbocycles. The largest absolute Gasteiger partial charge is 0.352 e. The first-order chi connectivity index (χ1) is 22.1. The van der Waals surface area contributed by atoms with E-state index in [4.69, 9.17) is 23.2 Å². The minimum Gasteiger partial charge on any atom is -0.352 e. The second-order valence-corrected chi connectivity index (χ2v) is 15.2. The van der Waals surface area contributed by atoms with E-state index in [2.05, 4.69) is 27.9 Å². The number of carbonyl (C=O) groups is 2. The highest BCUT2D eigenvalue weighted by atomic mass is 127. The van der Waals surface area contributed by atoms with Crippen LogP contribution in [0.5, 0.6) is 0 Å². The fourth-order valence-electron chi connectivity index (χ4n) is 5.61. The Kier molecular flexibility index (Phi) is 11.6. The zero-order chi connectivity index (χ0) is 32.7. The number of hydrogen-bond donors (Lipinski definition) is 1. The van der Waals surface area contributed by atoms with E-state index in [0.717, 1.165) is 39.1 Å². The Balaban J connectivity index is 1.57. The number of benzene rings is 4. The highest BCUT2D eigenvalue weighted by Crippen LogP contribution is 2.28. The third-order valence-electron chi connectivity index (χ3n) is 8.05. The Morgan fingerprint density at radius 2 is 1.50 bits per heavy atom. The van der Waals surface area contributed by atoms with Crippen LogP contribution in [0.1, 0.15) is 36.8 Å². The third-order valence-corrected chi connectivity index (χ3v) is 11.1. The smallest absolute Gasteiger partial charge is 0.264 e. The minimum absolute atomic E-state index is 0.0172. The van der Waals surface area contributed by atoms with Crippen LogP contribution in [0.25, 0.3) is 0 Å². The lowest BCUT2D eigenvalue weighted by Gasteiger charge is -2.34. The van der Waals surface area contributed by atoms with Crippen LogP contribution in [0.3, 0.4) is 0 Å². The van der Waals surface area contributed by atoms with Crippen LogP contribution in [0.4, 0.5) is 5.69 Å². The SMILES string of the molecule is O=C(NC1CCCC1)C(Cc1ccccc1)N(Cc1ccc(Cl)cc1Cl)C(=O)CN(c1ccc(I)cc1)S(=O)(=O)c1ccccc1. The van der Waals surface area contributed by atoms with Crippen molar-refractivity contribution in [3.63, 3.8) is 0 Å². The third kappa shape index (κ3) is 8.61. The maximum Gasteiger partial charge on any atom is 0.264 e. The molecule has 7 nitrogen and oxygen atoms in total. The van der Waals surface area contributed by atoms with Crippen LogP contribution >= 0.6 is 45.8 Å². The second-order valence-electron chi connectivity index (χ2n) is 11.3. The van der Waals surface area contributed by atoms with Gasteiger partial charge in [-0.25, -0.2) is 8.42 Å². The van der Waals surface area contributed by atoms with Crippen LogP contribution in [0, 0.1) is 3.57 Å². The molecule has 0 aromatic heterocycles. The van der Waals surface area contributed by atoms with E-state index in [0.29, 0.717) is 21.3 Å². The molecule has 1 aliphatic rings. The number of sulfonamides is 1. The van der Waals surface area contributed by atoms with Gasteiger partial charge in [0.2, 0.25) is 11.8 Å². The molecule has 1 N–H and O–H groups in total. The first-order valence-corrected chi connectivity index (χ1v) is 18.3. The quantitative estimate of drug-likeness (QED) is 0.151. The molecule has 0 heterocycles. The number of halogens is 3. The van der Waals surface area contributed by atoms with E-state index >= 15 is 0 Å². The Bertz CT molecular complexity index is 1750. The van der Waals surface area contributed by atoms with E-state index in [1.165, 1.54) is 17.0 Å². The Morgan fingerprint density at radius 3 is 2.13 bits per heavy atom. The minimum atomic E-state index is -4.17. The lowest BCUT2D eigenvalue weighted by molar-refractivity contribution is -0.140. The van der Waals surface area contributed by atoms with E-state index in [-0.39, 0.29) is 29.8 Å². The number of carbonyl (C=O) groups excluding carboxylic acids is 2. The lowest BCUT2D eigenvalue weighted by Crippen LogP contribution is -2.54. The number of nitrogens with one attached hydrogen (secondary N) is 1. The highest BCUT2D eigenvalue weighted by molar-refractivity contribution is 14.1. The van der Waals surface area contributed by atoms with Gasteiger partial charge in [0.05, 0.1) is 10.6 Å². The zero-order valence-electron chi connectivity index (χ0n) is 25.0. The Labute approximate surface area is 294 Å². The molecular formula is C35H34Cl2IN3O4S. The van der Waals surface area contributed by atoms with Gasteiger partial charge >= 0.3 is 0 Å². The number of nitrogens with zero attached hydrogens (tertiary/aromatic N) is 2. The summed E-state index contributed by atoms with van der Waals surface area (Å²) in [7, 11) is -4.17. The predicted molar refractivity (Wildman–Crippen MR) is 191 cm³/mol. The number of anilines is 1. The van der Waals surface area contributed by atoms with Crippen LogP contribution in [-0.2, 0) is 32.6 Å². The topological polar surface area (TPSA) is 86.8 Å². The lowest BCUT2D eigenvalue weighted by atomic mass is 10.0. The van der Waals surface area contributed by atoms with E-state index in [1.54, 1.807) is 60.7 Å². The van der Waals surface area contributed by atoms with Gasteiger partial charge in [-0.2, -0.15) is 0 Å². The fourth-order valence-corrected chi connectivity index (χ4v) is 7.87. The van der Waals surface area contributed by atoms with Crippen molar-refractivity contribution in [1.29, 1.82) is 0 Å². The van der Waals surface area contributed by atoms with Gasteiger partial charge in [-0.05, 0) is 95.1 Å². The summed E-state index contributed by atoms with van der Waals surface area (Å²) in [5.74, 6) is -0.840. The molecule has 46 heavy (non-hydrogen) atoms. The summed E-state index contributed by atoms with van der Waals surface area (Å²) in [6.07, 6.45) is 4.03. The van der Waals surface area contributed by atoms with Gasteiger partial charge in [0.15, 0.2) is 0 Å². The molecule has 1 unspecified atom stereocenters. The van der Waals surface area contributed by atoms with Crippen molar-refractivity contribution < 1.29 is 18.0 Å². The summed E-state index contributed by atoms with van der Waals surface area (Å²) >= 11 is 14.9. The average Bonchev–Trinajstić information content (AvgIpc) is 3.57. The van der Waals surface area contributed by atoms with Crippen molar-refractivity contribution in [3.05, 3.63) is 128 Å².